The van der Waals surface area contributed by atoms with Gasteiger partial charge in [-0.25, -0.2) is 0 Å². The van der Waals surface area contributed by atoms with Crippen molar-refractivity contribution in [3.8, 4) is 5.75 Å². The number of carbonyl (C=O) groups excluding carboxylic acids is 2. The van der Waals surface area contributed by atoms with Gasteiger partial charge in [0.1, 0.15) is 11.5 Å². The smallest absolute Gasteiger partial charge is 0.269 e. The standard InChI is InChI=1S/C30H33N3O4/c1-29(2)33(19-21-7-5-4-6-8-21)20-30(37-29)16-15-23-17-24(9-10-25(23)18-30)28(35)32-31-27(34)22-11-13-26(36-3)14-12-22/h4-14,17H,15-16,18-20H2,1-3H3,(H,31,34)(H,32,35). The van der Waals surface area contributed by atoms with E-state index in [1.165, 1.54) is 11.1 Å². The Morgan fingerprint density at radius 2 is 1.59 bits per heavy atom. The molecule has 7 nitrogen and oxygen atoms in total. The molecule has 1 aliphatic carbocycles. The Labute approximate surface area is 217 Å². The van der Waals surface area contributed by atoms with Crippen LogP contribution < -0.4 is 15.6 Å². The van der Waals surface area contributed by atoms with Crippen molar-refractivity contribution in [2.24, 2.45) is 0 Å². The molecule has 2 aliphatic rings. The van der Waals surface area contributed by atoms with E-state index in [1.807, 2.05) is 24.3 Å². The predicted molar refractivity (Wildman–Crippen MR) is 141 cm³/mol. The average Bonchev–Trinajstić information content (AvgIpc) is 3.15. The molecule has 1 atom stereocenters. The van der Waals surface area contributed by atoms with Crippen molar-refractivity contribution in [2.45, 2.75) is 51.0 Å². The first-order valence-electron chi connectivity index (χ1n) is 12.6. The van der Waals surface area contributed by atoms with Crippen LogP contribution in [0.15, 0.2) is 72.8 Å². The molecular weight excluding hydrogens is 466 g/mol. The highest BCUT2D eigenvalue weighted by molar-refractivity contribution is 5.99. The van der Waals surface area contributed by atoms with Crippen molar-refractivity contribution in [1.29, 1.82) is 0 Å². The topological polar surface area (TPSA) is 79.9 Å². The summed E-state index contributed by atoms with van der Waals surface area (Å²) < 4.78 is 11.8. The quantitative estimate of drug-likeness (QED) is 0.513. The number of carbonyl (C=O) groups is 2. The van der Waals surface area contributed by atoms with Crippen molar-refractivity contribution in [2.75, 3.05) is 13.7 Å². The third kappa shape index (κ3) is 5.38. The van der Waals surface area contributed by atoms with Gasteiger partial charge in [0.05, 0.1) is 12.7 Å². The molecule has 192 valence electrons. The maximum absolute atomic E-state index is 12.7. The van der Waals surface area contributed by atoms with E-state index >= 15 is 0 Å². The Balaban J connectivity index is 1.22. The summed E-state index contributed by atoms with van der Waals surface area (Å²) in [5.41, 5.74) is 9.01. The molecule has 2 amide bonds. The first kappa shape index (κ1) is 25.0. The lowest BCUT2D eigenvalue weighted by atomic mass is 9.80. The molecule has 0 aromatic heterocycles. The molecule has 3 aromatic carbocycles. The molecule has 0 saturated carbocycles. The van der Waals surface area contributed by atoms with Crippen LogP contribution in [0, 0.1) is 0 Å². The monoisotopic (exact) mass is 499 g/mol. The Kier molecular flexibility index (Phi) is 6.75. The van der Waals surface area contributed by atoms with E-state index in [0.29, 0.717) is 16.9 Å². The van der Waals surface area contributed by atoms with Crippen LogP contribution in [-0.2, 0) is 24.1 Å². The van der Waals surface area contributed by atoms with Gasteiger partial charge >= 0.3 is 0 Å². The Bertz CT molecular complexity index is 1290. The number of amides is 2. The van der Waals surface area contributed by atoms with E-state index in [-0.39, 0.29) is 17.2 Å². The molecule has 1 fully saturated rings. The van der Waals surface area contributed by atoms with Crippen LogP contribution >= 0.6 is 0 Å². The number of rotatable bonds is 5. The molecule has 7 heteroatoms. The fourth-order valence-electron chi connectivity index (χ4n) is 5.41. The second-order valence-electron chi connectivity index (χ2n) is 10.4. The van der Waals surface area contributed by atoms with Gasteiger partial charge < -0.3 is 9.47 Å². The van der Waals surface area contributed by atoms with Crippen LogP contribution in [0.4, 0.5) is 0 Å². The van der Waals surface area contributed by atoms with Crippen molar-refractivity contribution in [3.63, 3.8) is 0 Å². The zero-order chi connectivity index (χ0) is 26.0. The van der Waals surface area contributed by atoms with Gasteiger partial charge in [-0.05, 0) is 79.8 Å². The fourth-order valence-corrected chi connectivity index (χ4v) is 5.41. The highest BCUT2D eigenvalue weighted by Gasteiger charge is 2.50. The molecule has 1 aliphatic heterocycles. The SMILES string of the molecule is COc1ccc(C(=O)NNC(=O)c2ccc3c(c2)CCC2(C3)CN(Cc3ccccc3)C(C)(C)O2)cc1. The number of nitrogens with one attached hydrogen (secondary N) is 2. The number of benzene rings is 3. The molecule has 1 heterocycles. The van der Waals surface area contributed by atoms with Crippen molar-refractivity contribution < 1.29 is 19.1 Å². The van der Waals surface area contributed by atoms with Gasteiger partial charge in [-0.1, -0.05) is 36.4 Å². The highest BCUT2D eigenvalue weighted by Crippen LogP contribution is 2.43. The molecule has 0 radical (unpaired) electrons. The van der Waals surface area contributed by atoms with E-state index < -0.39 is 5.91 Å². The van der Waals surface area contributed by atoms with Gasteiger partial charge in [-0.15, -0.1) is 0 Å². The molecular formula is C30H33N3O4. The molecule has 1 saturated heterocycles. The lowest BCUT2D eigenvalue weighted by molar-refractivity contribution is -0.123. The Morgan fingerprint density at radius 3 is 2.30 bits per heavy atom. The Hall–Kier alpha value is -3.68. The number of nitrogens with zero attached hydrogens (tertiary/aromatic N) is 1. The second-order valence-corrected chi connectivity index (χ2v) is 10.4. The van der Waals surface area contributed by atoms with Gasteiger partial charge in [-0.2, -0.15) is 0 Å². The number of fused-ring (bicyclic) bond motifs is 1. The minimum absolute atomic E-state index is 0.235. The average molecular weight is 500 g/mol. The summed E-state index contributed by atoms with van der Waals surface area (Å²) in [5, 5.41) is 0. The van der Waals surface area contributed by atoms with Crippen LogP contribution in [0.1, 0.15) is 57.7 Å². The summed E-state index contributed by atoms with van der Waals surface area (Å²) in [6.07, 6.45) is 2.55. The predicted octanol–water partition coefficient (Wildman–Crippen LogP) is 4.27. The van der Waals surface area contributed by atoms with E-state index in [1.54, 1.807) is 31.4 Å². The molecule has 0 bridgehead atoms. The summed E-state index contributed by atoms with van der Waals surface area (Å²) in [6.45, 7) is 6.01. The maximum atomic E-state index is 12.7. The molecule has 2 N–H and O–H groups in total. The zero-order valence-electron chi connectivity index (χ0n) is 21.5. The minimum atomic E-state index is -0.392. The van der Waals surface area contributed by atoms with E-state index in [4.69, 9.17) is 9.47 Å². The van der Waals surface area contributed by atoms with E-state index in [2.05, 4.69) is 53.9 Å². The first-order chi connectivity index (χ1) is 17.8. The van der Waals surface area contributed by atoms with E-state index in [9.17, 15) is 9.59 Å². The second kappa shape index (κ2) is 10.00. The van der Waals surface area contributed by atoms with Crippen LogP contribution in [0.25, 0.3) is 0 Å². The zero-order valence-corrected chi connectivity index (χ0v) is 21.5. The van der Waals surface area contributed by atoms with Crippen LogP contribution in [0.5, 0.6) is 5.75 Å². The highest BCUT2D eigenvalue weighted by atomic mass is 16.6. The van der Waals surface area contributed by atoms with Gasteiger partial charge in [0.2, 0.25) is 0 Å². The molecule has 3 aromatic rings. The van der Waals surface area contributed by atoms with Gasteiger partial charge in [0.15, 0.2) is 0 Å². The van der Waals surface area contributed by atoms with Crippen molar-refractivity contribution in [1.82, 2.24) is 15.8 Å². The first-order valence-corrected chi connectivity index (χ1v) is 12.6. The maximum Gasteiger partial charge on any atom is 0.269 e. The number of ether oxygens (including phenoxy) is 2. The van der Waals surface area contributed by atoms with Crippen molar-refractivity contribution in [3.05, 3.63) is 101 Å². The van der Waals surface area contributed by atoms with Gasteiger partial charge in [0.25, 0.3) is 11.8 Å². The third-order valence-electron chi connectivity index (χ3n) is 7.40. The summed E-state index contributed by atoms with van der Waals surface area (Å²) in [6, 6.07) is 22.9. The largest absolute Gasteiger partial charge is 0.497 e. The summed E-state index contributed by atoms with van der Waals surface area (Å²) >= 11 is 0. The number of methoxy groups -OCH3 is 1. The minimum Gasteiger partial charge on any atom is -0.497 e. The van der Waals surface area contributed by atoms with Gasteiger partial charge in [0, 0.05) is 30.6 Å². The van der Waals surface area contributed by atoms with Crippen LogP contribution in [0.2, 0.25) is 0 Å². The van der Waals surface area contributed by atoms with Crippen molar-refractivity contribution >= 4 is 11.8 Å². The number of hydrogen-bond acceptors (Lipinski definition) is 5. The molecule has 37 heavy (non-hydrogen) atoms. The van der Waals surface area contributed by atoms with Crippen LogP contribution in [-0.4, -0.2) is 41.7 Å². The number of hydrogen-bond donors (Lipinski definition) is 2. The van der Waals surface area contributed by atoms with Gasteiger partial charge in [-0.3, -0.25) is 25.3 Å². The number of aryl methyl sites for hydroxylation is 1. The molecule has 5 rings (SSSR count). The lowest BCUT2D eigenvalue weighted by Gasteiger charge is -2.35. The van der Waals surface area contributed by atoms with Crippen LogP contribution in [0.3, 0.4) is 0 Å². The van der Waals surface area contributed by atoms with E-state index in [0.717, 1.165) is 37.9 Å². The summed E-state index contributed by atoms with van der Waals surface area (Å²) in [5.74, 6) is -0.0823. The molecule has 1 spiro atoms. The molecule has 1 unspecified atom stereocenters. The third-order valence-corrected chi connectivity index (χ3v) is 7.40. The summed E-state index contributed by atoms with van der Waals surface area (Å²) in [4.78, 5) is 27.5. The lowest BCUT2D eigenvalue weighted by Crippen LogP contribution is -2.42. The Morgan fingerprint density at radius 1 is 0.919 bits per heavy atom. The summed E-state index contributed by atoms with van der Waals surface area (Å²) in [7, 11) is 1.57. The normalized spacial score (nSPS) is 20.3. The fraction of sp³-hybridized carbons (Fsp3) is 0.333. The number of hydrazine groups is 1.